The molecule has 0 fully saturated rings. The number of rotatable bonds is 5. The minimum Gasteiger partial charge on any atom is -0.325 e. The number of anilines is 1. The van der Waals surface area contributed by atoms with E-state index in [1.165, 1.54) is 29.7 Å². The van der Waals surface area contributed by atoms with E-state index >= 15 is 0 Å². The maximum Gasteiger partial charge on any atom is 0.272 e. The summed E-state index contributed by atoms with van der Waals surface area (Å²) in [6.07, 6.45) is 4.45. The van der Waals surface area contributed by atoms with Crippen molar-refractivity contribution in [2.75, 3.05) is 5.32 Å². The van der Waals surface area contributed by atoms with Crippen LogP contribution in [0.25, 0.3) is 0 Å². The molecule has 2 N–H and O–H groups in total. The Morgan fingerprint density at radius 3 is 2.68 bits per heavy atom. The standard InChI is InChI=1S/C21H21Cl2N3O2/c1-13(25-26-21(28)17-10-9-15(22)12-18(17)23)11-20(27)24-19-8-4-6-14-5-2-3-7-16(14)19/h4,6,8-10,12H,2-3,5,7,11H2,1H3,(H,24,27)(H,26,28)/b25-13-. The number of hydrazone groups is 1. The molecule has 0 aliphatic heterocycles. The Labute approximate surface area is 174 Å². The van der Waals surface area contributed by atoms with Gasteiger partial charge in [0.05, 0.1) is 17.0 Å². The lowest BCUT2D eigenvalue weighted by Gasteiger charge is -2.19. The predicted octanol–water partition coefficient (Wildman–Crippen LogP) is 5.01. The van der Waals surface area contributed by atoms with Gasteiger partial charge < -0.3 is 5.32 Å². The third-order valence-electron chi connectivity index (χ3n) is 4.61. The highest BCUT2D eigenvalue weighted by molar-refractivity contribution is 6.36. The van der Waals surface area contributed by atoms with Gasteiger partial charge in [-0.25, -0.2) is 5.43 Å². The second kappa shape index (κ2) is 9.22. The van der Waals surface area contributed by atoms with Crippen LogP contribution in [0.15, 0.2) is 41.5 Å². The van der Waals surface area contributed by atoms with E-state index in [0.29, 0.717) is 10.7 Å². The predicted molar refractivity (Wildman–Crippen MR) is 113 cm³/mol. The zero-order valence-corrected chi connectivity index (χ0v) is 17.0. The largest absolute Gasteiger partial charge is 0.325 e. The molecule has 0 aromatic heterocycles. The number of fused-ring (bicyclic) bond motifs is 1. The van der Waals surface area contributed by atoms with E-state index in [4.69, 9.17) is 23.2 Å². The molecular formula is C21H21Cl2N3O2. The molecular weight excluding hydrogens is 397 g/mol. The van der Waals surface area contributed by atoms with Crippen LogP contribution in [0.3, 0.4) is 0 Å². The van der Waals surface area contributed by atoms with E-state index in [2.05, 4.69) is 21.9 Å². The fraction of sp³-hybridized carbons (Fsp3) is 0.286. The molecule has 0 saturated carbocycles. The van der Waals surface area contributed by atoms with Crippen LogP contribution in [0.5, 0.6) is 0 Å². The first-order valence-electron chi connectivity index (χ1n) is 9.13. The molecule has 1 aliphatic rings. The van der Waals surface area contributed by atoms with Crippen LogP contribution in [-0.4, -0.2) is 17.5 Å². The number of benzene rings is 2. The molecule has 2 amide bonds. The van der Waals surface area contributed by atoms with Crippen LogP contribution in [0, 0.1) is 0 Å². The van der Waals surface area contributed by atoms with Crippen LogP contribution in [0.2, 0.25) is 10.0 Å². The van der Waals surface area contributed by atoms with Gasteiger partial charge in [-0.1, -0.05) is 35.3 Å². The minimum absolute atomic E-state index is 0.0816. The van der Waals surface area contributed by atoms with E-state index in [1.807, 2.05) is 12.1 Å². The molecule has 0 heterocycles. The summed E-state index contributed by atoms with van der Waals surface area (Å²) in [6, 6.07) is 10.6. The van der Waals surface area contributed by atoms with Crippen molar-refractivity contribution in [3.8, 4) is 0 Å². The van der Waals surface area contributed by atoms with Crippen molar-refractivity contribution >= 4 is 46.4 Å². The summed E-state index contributed by atoms with van der Waals surface area (Å²) in [5.74, 6) is -0.627. The summed E-state index contributed by atoms with van der Waals surface area (Å²) in [4.78, 5) is 24.5. The quantitative estimate of drug-likeness (QED) is 0.530. The molecule has 0 atom stereocenters. The van der Waals surface area contributed by atoms with Gasteiger partial charge in [0, 0.05) is 16.4 Å². The number of hydrogen-bond acceptors (Lipinski definition) is 3. The molecule has 0 radical (unpaired) electrons. The average Bonchev–Trinajstić information content (AvgIpc) is 2.66. The summed E-state index contributed by atoms with van der Waals surface area (Å²) in [6.45, 7) is 1.68. The molecule has 0 bridgehead atoms. The van der Waals surface area contributed by atoms with Crippen LogP contribution in [-0.2, 0) is 17.6 Å². The van der Waals surface area contributed by atoms with Gasteiger partial charge >= 0.3 is 0 Å². The van der Waals surface area contributed by atoms with Crippen molar-refractivity contribution in [1.29, 1.82) is 0 Å². The minimum atomic E-state index is -0.460. The van der Waals surface area contributed by atoms with E-state index in [9.17, 15) is 9.59 Å². The molecule has 0 spiro atoms. The number of nitrogens with zero attached hydrogens (tertiary/aromatic N) is 1. The van der Waals surface area contributed by atoms with Gasteiger partial charge in [0.15, 0.2) is 0 Å². The fourth-order valence-electron chi connectivity index (χ4n) is 3.24. The first-order chi connectivity index (χ1) is 13.4. The fourth-order valence-corrected chi connectivity index (χ4v) is 3.74. The van der Waals surface area contributed by atoms with Crippen LogP contribution in [0.4, 0.5) is 5.69 Å². The van der Waals surface area contributed by atoms with E-state index in [1.54, 1.807) is 13.0 Å². The SMILES string of the molecule is C/C(CC(=O)Nc1cccc2c1CCCC2)=N/NC(=O)c1ccc(Cl)cc1Cl. The maximum atomic E-state index is 12.4. The number of amides is 2. The average molecular weight is 418 g/mol. The monoisotopic (exact) mass is 417 g/mol. The Morgan fingerprint density at radius 2 is 1.89 bits per heavy atom. The van der Waals surface area contributed by atoms with Crippen LogP contribution >= 0.6 is 23.2 Å². The van der Waals surface area contributed by atoms with Gasteiger partial charge in [-0.2, -0.15) is 5.10 Å². The third-order valence-corrected chi connectivity index (χ3v) is 5.16. The summed E-state index contributed by atoms with van der Waals surface area (Å²) in [5, 5.41) is 7.65. The van der Waals surface area contributed by atoms with Crippen LogP contribution < -0.4 is 10.7 Å². The second-order valence-electron chi connectivity index (χ2n) is 6.79. The normalized spacial score (nSPS) is 13.6. The zero-order chi connectivity index (χ0) is 20.1. The zero-order valence-electron chi connectivity index (χ0n) is 15.5. The van der Waals surface area contributed by atoms with E-state index in [-0.39, 0.29) is 22.9 Å². The summed E-state index contributed by atoms with van der Waals surface area (Å²) in [7, 11) is 0. The third kappa shape index (κ3) is 5.12. The first kappa shape index (κ1) is 20.4. The smallest absolute Gasteiger partial charge is 0.272 e. The van der Waals surface area contributed by atoms with Gasteiger partial charge in [0.1, 0.15) is 0 Å². The number of nitrogens with one attached hydrogen (secondary N) is 2. The van der Waals surface area contributed by atoms with Gasteiger partial charge in [0.25, 0.3) is 5.91 Å². The van der Waals surface area contributed by atoms with Gasteiger partial charge in [-0.05, 0) is 68.0 Å². The van der Waals surface area contributed by atoms with Crippen molar-refractivity contribution in [2.45, 2.75) is 39.0 Å². The van der Waals surface area contributed by atoms with Gasteiger partial charge in [-0.3, -0.25) is 9.59 Å². The van der Waals surface area contributed by atoms with Crippen LogP contribution in [0.1, 0.15) is 47.7 Å². The Morgan fingerprint density at radius 1 is 1.11 bits per heavy atom. The molecule has 2 aromatic carbocycles. The van der Waals surface area contributed by atoms with Gasteiger partial charge in [-0.15, -0.1) is 0 Å². The Kier molecular flexibility index (Phi) is 6.70. The van der Waals surface area contributed by atoms with Crippen molar-refractivity contribution in [2.24, 2.45) is 5.10 Å². The number of carbonyl (C=O) groups excluding carboxylic acids is 2. The molecule has 5 nitrogen and oxygen atoms in total. The lowest BCUT2D eigenvalue weighted by atomic mass is 9.90. The van der Waals surface area contributed by atoms with Crippen molar-refractivity contribution in [1.82, 2.24) is 5.43 Å². The lowest BCUT2D eigenvalue weighted by molar-refractivity contribution is -0.115. The number of halogens is 2. The first-order valence-corrected chi connectivity index (χ1v) is 9.89. The molecule has 2 aromatic rings. The molecule has 0 saturated heterocycles. The summed E-state index contributed by atoms with van der Waals surface area (Å²) >= 11 is 11.8. The van der Waals surface area contributed by atoms with Gasteiger partial charge in [0.2, 0.25) is 5.91 Å². The summed E-state index contributed by atoms with van der Waals surface area (Å²) in [5.41, 5.74) is 6.57. The number of hydrogen-bond donors (Lipinski definition) is 2. The molecule has 3 rings (SSSR count). The van der Waals surface area contributed by atoms with E-state index < -0.39 is 5.91 Å². The van der Waals surface area contributed by atoms with E-state index in [0.717, 1.165) is 24.9 Å². The topological polar surface area (TPSA) is 70.6 Å². The molecule has 0 unspecified atom stereocenters. The molecule has 28 heavy (non-hydrogen) atoms. The lowest BCUT2D eigenvalue weighted by Crippen LogP contribution is -2.22. The van der Waals surface area contributed by atoms with Crippen molar-refractivity contribution < 1.29 is 9.59 Å². The highest BCUT2D eigenvalue weighted by atomic mass is 35.5. The highest BCUT2D eigenvalue weighted by Crippen LogP contribution is 2.28. The summed E-state index contributed by atoms with van der Waals surface area (Å²) < 4.78 is 0. The van der Waals surface area contributed by atoms with Crippen molar-refractivity contribution in [3.05, 3.63) is 63.1 Å². The highest BCUT2D eigenvalue weighted by Gasteiger charge is 2.15. The number of carbonyl (C=O) groups is 2. The molecule has 146 valence electrons. The van der Waals surface area contributed by atoms with Crippen molar-refractivity contribution in [3.63, 3.8) is 0 Å². The maximum absolute atomic E-state index is 12.4. The Bertz CT molecular complexity index is 941. The molecule has 1 aliphatic carbocycles. The second-order valence-corrected chi connectivity index (χ2v) is 7.63. The number of aryl methyl sites for hydroxylation is 1. The Hall–Kier alpha value is -2.37. The molecule has 7 heteroatoms. The Balaban J connectivity index is 1.59.